The highest BCUT2D eigenvalue weighted by Gasteiger charge is 2.20. The summed E-state index contributed by atoms with van der Waals surface area (Å²) in [5.74, 6) is 1.72. The van der Waals surface area contributed by atoms with Crippen molar-refractivity contribution in [3.05, 3.63) is 0 Å². The summed E-state index contributed by atoms with van der Waals surface area (Å²) >= 11 is 0. The van der Waals surface area contributed by atoms with Crippen molar-refractivity contribution in [2.45, 2.75) is 40.5 Å². The van der Waals surface area contributed by atoms with Crippen molar-refractivity contribution in [1.82, 2.24) is 0 Å². The van der Waals surface area contributed by atoms with Crippen molar-refractivity contribution in [3.63, 3.8) is 0 Å². The maximum absolute atomic E-state index is 2.36. The van der Waals surface area contributed by atoms with Gasteiger partial charge in [-0.1, -0.05) is 27.7 Å². The number of nitrogens with zero attached hydrogens (tertiary/aromatic N) is 1. The minimum atomic E-state index is 0.860. The van der Waals surface area contributed by atoms with Gasteiger partial charge < -0.3 is 4.48 Å². The lowest BCUT2D eigenvalue weighted by Crippen LogP contribution is -2.45. The van der Waals surface area contributed by atoms with Gasteiger partial charge in [0, 0.05) is 11.8 Å². The van der Waals surface area contributed by atoms with Gasteiger partial charge in [0.05, 0.1) is 27.2 Å². The number of hydrogen-bond acceptors (Lipinski definition) is 0. The molecule has 0 heterocycles. The van der Waals surface area contributed by atoms with Crippen LogP contribution in [-0.2, 0) is 0 Å². The molecule has 0 saturated carbocycles. The van der Waals surface area contributed by atoms with Crippen LogP contribution in [0.4, 0.5) is 0 Å². The molecule has 0 radical (unpaired) electrons. The van der Waals surface area contributed by atoms with E-state index >= 15 is 0 Å². The molecular weight excluding hydrogens is 158 g/mol. The SMILES string of the molecule is CCC(C)C[N+](C)(C)CC(C)CC. The average Bonchev–Trinajstić information content (AvgIpc) is 2.02. The lowest BCUT2D eigenvalue weighted by molar-refractivity contribution is -0.896. The van der Waals surface area contributed by atoms with Gasteiger partial charge in [0.25, 0.3) is 0 Å². The molecular formula is C12H28N+. The van der Waals surface area contributed by atoms with Gasteiger partial charge in [-0.15, -0.1) is 0 Å². The molecule has 0 aliphatic heterocycles. The molecule has 0 aliphatic rings. The molecule has 0 N–H and O–H groups in total. The van der Waals surface area contributed by atoms with Crippen LogP contribution in [0.25, 0.3) is 0 Å². The molecule has 0 fully saturated rings. The van der Waals surface area contributed by atoms with Crippen LogP contribution in [0.3, 0.4) is 0 Å². The second kappa shape index (κ2) is 5.64. The first kappa shape index (κ1) is 13.0. The first-order chi connectivity index (χ1) is 5.91. The normalized spacial score (nSPS) is 17.1. The largest absolute Gasteiger partial charge is 0.328 e. The molecule has 0 rings (SSSR count). The van der Waals surface area contributed by atoms with Crippen molar-refractivity contribution in [1.29, 1.82) is 0 Å². The van der Waals surface area contributed by atoms with Crippen molar-refractivity contribution in [2.24, 2.45) is 11.8 Å². The van der Waals surface area contributed by atoms with E-state index in [1.807, 2.05) is 0 Å². The van der Waals surface area contributed by atoms with E-state index in [1.54, 1.807) is 0 Å². The molecule has 0 aromatic carbocycles. The molecule has 0 aromatic rings. The number of rotatable bonds is 6. The Morgan fingerprint density at radius 2 is 1.15 bits per heavy atom. The third-order valence-corrected chi connectivity index (χ3v) is 3.01. The van der Waals surface area contributed by atoms with E-state index in [1.165, 1.54) is 30.4 Å². The van der Waals surface area contributed by atoms with E-state index in [0.717, 1.165) is 11.8 Å². The van der Waals surface area contributed by atoms with Gasteiger partial charge in [0.15, 0.2) is 0 Å². The van der Waals surface area contributed by atoms with Gasteiger partial charge in [-0.3, -0.25) is 0 Å². The summed E-state index contributed by atoms with van der Waals surface area (Å²) in [6, 6.07) is 0. The molecule has 1 nitrogen and oxygen atoms in total. The van der Waals surface area contributed by atoms with E-state index in [2.05, 4.69) is 41.8 Å². The fourth-order valence-electron chi connectivity index (χ4n) is 2.02. The van der Waals surface area contributed by atoms with Gasteiger partial charge in [-0.25, -0.2) is 0 Å². The fourth-order valence-corrected chi connectivity index (χ4v) is 2.02. The van der Waals surface area contributed by atoms with Crippen LogP contribution in [0.2, 0.25) is 0 Å². The minimum absolute atomic E-state index is 0.860. The number of hydrogen-bond donors (Lipinski definition) is 0. The monoisotopic (exact) mass is 186 g/mol. The first-order valence-corrected chi connectivity index (χ1v) is 5.73. The maximum atomic E-state index is 2.36. The molecule has 0 spiro atoms. The molecule has 0 aliphatic carbocycles. The second-order valence-corrected chi connectivity index (χ2v) is 5.33. The van der Waals surface area contributed by atoms with E-state index in [-0.39, 0.29) is 0 Å². The quantitative estimate of drug-likeness (QED) is 0.559. The van der Waals surface area contributed by atoms with Gasteiger partial charge >= 0.3 is 0 Å². The zero-order chi connectivity index (χ0) is 10.5. The zero-order valence-electron chi connectivity index (χ0n) is 10.4. The molecule has 2 unspecified atom stereocenters. The molecule has 0 amide bonds. The van der Waals surface area contributed by atoms with Crippen LogP contribution in [0.1, 0.15) is 40.5 Å². The summed E-state index contributed by atoms with van der Waals surface area (Å²) in [5.41, 5.74) is 0. The Morgan fingerprint density at radius 1 is 0.846 bits per heavy atom. The van der Waals surface area contributed by atoms with Crippen LogP contribution in [-0.4, -0.2) is 31.7 Å². The van der Waals surface area contributed by atoms with Crippen LogP contribution >= 0.6 is 0 Å². The van der Waals surface area contributed by atoms with Gasteiger partial charge in [0.2, 0.25) is 0 Å². The van der Waals surface area contributed by atoms with Crippen LogP contribution in [0.15, 0.2) is 0 Å². The highest BCUT2D eigenvalue weighted by Crippen LogP contribution is 2.13. The lowest BCUT2D eigenvalue weighted by atomic mass is 10.0. The minimum Gasteiger partial charge on any atom is -0.328 e. The summed E-state index contributed by atoms with van der Waals surface area (Å²) in [6.45, 7) is 11.9. The average molecular weight is 186 g/mol. The van der Waals surface area contributed by atoms with E-state index in [4.69, 9.17) is 0 Å². The summed E-state index contributed by atoms with van der Waals surface area (Å²) in [5, 5.41) is 0. The number of quaternary nitrogens is 1. The van der Waals surface area contributed by atoms with Gasteiger partial charge in [-0.2, -0.15) is 0 Å². The summed E-state index contributed by atoms with van der Waals surface area (Å²) < 4.78 is 1.18. The molecule has 2 atom stereocenters. The Hall–Kier alpha value is -0.0400. The third-order valence-electron chi connectivity index (χ3n) is 3.01. The smallest absolute Gasteiger partial charge is 0.0808 e. The Labute approximate surface area is 84.7 Å². The van der Waals surface area contributed by atoms with E-state index < -0.39 is 0 Å². The maximum Gasteiger partial charge on any atom is 0.0808 e. The molecule has 0 saturated heterocycles. The predicted octanol–water partition coefficient (Wildman–Crippen LogP) is 3.16. The van der Waals surface area contributed by atoms with Crippen molar-refractivity contribution in [3.8, 4) is 0 Å². The van der Waals surface area contributed by atoms with Crippen LogP contribution < -0.4 is 0 Å². The summed E-state index contributed by atoms with van der Waals surface area (Å²) in [7, 11) is 4.72. The van der Waals surface area contributed by atoms with Crippen molar-refractivity contribution >= 4 is 0 Å². The molecule has 13 heavy (non-hydrogen) atoms. The third kappa shape index (κ3) is 6.09. The van der Waals surface area contributed by atoms with Crippen molar-refractivity contribution < 1.29 is 4.48 Å². The Bertz CT molecular complexity index is 115. The first-order valence-electron chi connectivity index (χ1n) is 5.73. The summed E-state index contributed by atoms with van der Waals surface area (Å²) in [6.07, 6.45) is 2.62. The molecule has 80 valence electrons. The van der Waals surface area contributed by atoms with Crippen LogP contribution in [0.5, 0.6) is 0 Å². The standard InChI is InChI=1S/C12H28N/c1-7-11(3)9-13(5,6)10-12(4)8-2/h11-12H,7-10H2,1-6H3/q+1. The summed E-state index contributed by atoms with van der Waals surface area (Å²) in [4.78, 5) is 0. The molecule has 0 aromatic heterocycles. The van der Waals surface area contributed by atoms with E-state index in [0.29, 0.717) is 0 Å². The second-order valence-electron chi connectivity index (χ2n) is 5.33. The van der Waals surface area contributed by atoms with E-state index in [9.17, 15) is 0 Å². The van der Waals surface area contributed by atoms with Crippen LogP contribution in [0, 0.1) is 11.8 Å². The topological polar surface area (TPSA) is 0 Å². The van der Waals surface area contributed by atoms with Gasteiger partial charge in [0.1, 0.15) is 0 Å². The Balaban J connectivity index is 3.92. The predicted molar refractivity (Wildman–Crippen MR) is 60.8 cm³/mol. The Morgan fingerprint density at radius 3 is 1.38 bits per heavy atom. The highest BCUT2D eigenvalue weighted by atomic mass is 15.3. The fraction of sp³-hybridized carbons (Fsp3) is 1.00. The molecule has 1 heteroatoms. The van der Waals surface area contributed by atoms with Crippen molar-refractivity contribution in [2.75, 3.05) is 27.2 Å². The van der Waals surface area contributed by atoms with Gasteiger partial charge in [-0.05, 0) is 12.8 Å². The lowest BCUT2D eigenvalue weighted by Gasteiger charge is -2.34. The zero-order valence-corrected chi connectivity index (χ0v) is 10.4. The molecule has 0 bridgehead atoms. The highest BCUT2D eigenvalue weighted by molar-refractivity contribution is 4.51. The Kier molecular flexibility index (Phi) is 5.62.